The van der Waals surface area contributed by atoms with Crippen molar-refractivity contribution in [1.82, 2.24) is 0 Å². The van der Waals surface area contributed by atoms with Gasteiger partial charge in [-0.25, -0.2) is 4.79 Å². The summed E-state index contributed by atoms with van der Waals surface area (Å²) in [6.45, 7) is 2.29. The summed E-state index contributed by atoms with van der Waals surface area (Å²) in [6, 6.07) is 0. The molecule has 0 aromatic rings. The van der Waals surface area contributed by atoms with Crippen LogP contribution < -0.4 is 0 Å². The average molecular weight is 413 g/mol. The molecule has 0 heterocycles. The first kappa shape index (κ1) is 28.4. The Morgan fingerprint density at radius 3 is 1.14 bits per heavy atom. The monoisotopic (exact) mass is 412 g/mol. The molecular weight excluding hydrogens is 360 g/mol. The highest BCUT2D eigenvalue weighted by Crippen LogP contribution is 2.15. The Hall–Kier alpha value is -0.570. The van der Waals surface area contributed by atoms with Gasteiger partial charge in [0.1, 0.15) is 0 Å². The zero-order valence-corrected chi connectivity index (χ0v) is 20.2. The number of ether oxygens (including phenoxy) is 2. The number of unbranched alkanes of at least 4 members (excludes halogenated alkanes) is 19. The minimum Gasteiger partial charge on any atom is -0.467 e. The van der Waals surface area contributed by atoms with E-state index in [9.17, 15) is 4.79 Å². The molecule has 0 aromatic carbocycles. The number of methoxy groups -OCH3 is 2. The van der Waals surface area contributed by atoms with Crippen molar-refractivity contribution in [2.45, 2.75) is 148 Å². The third-order valence-corrected chi connectivity index (χ3v) is 6.07. The summed E-state index contributed by atoms with van der Waals surface area (Å²) < 4.78 is 9.90. The van der Waals surface area contributed by atoms with Gasteiger partial charge in [-0.1, -0.05) is 135 Å². The van der Waals surface area contributed by atoms with E-state index in [0.29, 0.717) is 0 Å². The second-order valence-corrected chi connectivity index (χ2v) is 8.75. The molecule has 0 saturated carbocycles. The molecule has 0 amide bonds. The number of esters is 1. The Labute approximate surface area is 182 Å². The average Bonchev–Trinajstić information content (AvgIpc) is 2.74. The smallest absolute Gasteiger partial charge is 0.334 e. The second-order valence-electron chi connectivity index (χ2n) is 8.75. The maximum atomic E-state index is 11.4. The van der Waals surface area contributed by atoms with Gasteiger partial charge in [-0.05, 0) is 6.42 Å². The quantitative estimate of drug-likeness (QED) is 0.125. The van der Waals surface area contributed by atoms with Crippen LogP contribution in [0.2, 0.25) is 0 Å². The first-order valence-electron chi connectivity index (χ1n) is 12.9. The molecule has 3 nitrogen and oxygen atoms in total. The molecule has 174 valence electrons. The van der Waals surface area contributed by atoms with Crippen LogP contribution in [0.25, 0.3) is 0 Å². The molecular formula is C26H52O3. The van der Waals surface area contributed by atoms with E-state index in [-0.39, 0.29) is 12.1 Å². The summed E-state index contributed by atoms with van der Waals surface area (Å²) in [7, 11) is 3.00. The van der Waals surface area contributed by atoms with Crippen LogP contribution in [0.3, 0.4) is 0 Å². The van der Waals surface area contributed by atoms with E-state index in [4.69, 9.17) is 9.47 Å². The molecule has 0 N–H and O–H groups in total. The van der Waals surface area contributed by atoms with Crippen LogP contribution >= 0.6 is 0 Å². The molecule has 3 heteroatoms. The molecule has 0 bridgehead atoms. The van der Waals surface area contributed by atoms with Gasteiger partial charge in [-0.15, -0.1) is 0 Å². The standard InChI is InChI=1S/C26H52O3/c1-4-5-6-7-8-9-10-11-12-13-14-15-16-17-18-19-20-21-22-23-24-25(28-2)26(27)29-3/h25H,4-24H2,1-3H3/t25-/m1/s1. The predicted octanol–water partition coefficient (Wildman–Crippen LogP) is 8.39. The van der Waals surface area contributed by atoms with E-state index in [2.05, 4.69) is 6.92 Å². The first-order chi connectivity index (χ1) is 14.3. The van der Waals surface area contributed by atoms with E-state index in [1.165, 1.54) is 129 Å². The third kappa shape index (κ3) is 20.5. The van der Waals surface area contributed by atoms with Crippen molar-refractivity contribution in [1.29, 1.82) is 0 Å². The Balaban J connectivity index is 3.14. The molecule has 0 unspecified atom stereocenters. The highest BCUT2D eigenvalue weighted by atomic mass is 16.6. The van der Waals surface area contributed by atoms with Crippen molar-refractivity contribution in [3.63, 3.8) is 0 Å². The molecule has 0 aromatic heterocycles. The topological polar surface area (TPSA) is 35.5 Å². The van der Waals surface area contributed by atoms with Gasteiger partial charge in [-0.3, -0.25) is 0 Å². The van der Waals surface area contributed by atoms with Crippen LogP contribution in [0, 0.1) is 0 Å². The summed E-state index contributed by atoms with van der Waals surface area (Å²) in [5.41, 5.74) is 0. The Morgan fingerprint density at radius 2 is 0.862 bits per heavy atom. The number of rotatable bonds is 23. The van der Waals surface area contributed by atoms with Gasteiger partial charge in [0.2, 0.25) is 0 Å². The first-order valence-corrected chi connectivity index (χ1v) is 12.9. The van der Waals surface area contributed by atoms with Crippen LogP contribution in [-0.2, 0) is 14.3 Å². The van der Waals surface area contributed by atoms with Crippen molar-refractivity contribution < 1.29 is 14.3 Å². The number of carbonyl (C=O) groups excluding carboxylic acids is 1. The van der Waals surface area contributed by atoms with Crippen LogP contribution in [-0.4, -0.2) is 26.3 Å². The molecule has 0 radical (unpaired) electrons. The Kier molecular flexibility index (Phi) is 23.2. The summed E-state index contributed by atoms with van der Waals surface area (Å²) in [4.78, 5) is 11.4. The van der Waals surface area contributed by atoms with E-state index in [1.807, 2.05) is 0 Å². The molecule has 0 aliphatic carbocycles. The maximum Gasteiger partial charge on any atom is 0.334 e. The van der Waals surface area contributed by atoms with Crippen molar-refractivity contribution in [2.75, 3.05) is 14.2 Å². The van der Waals surface area contributed by atoms with Crippen LogP contribution in [0.4, 0.5) is 0 Å². The van der Waals surface area contributed by atoms with Crippen molar-refractivity contribution in [2.24, 2.45) is 0 Å². The minimum absolute atomic E-state index is 0.245. The van der Waals surface area contributed by atoms with E-state index >= 15 is 0 Å². The van der Waals surface area contributed by atoms with Crippen LogP contribution in [0.5, 0.6) is 0 Å². The lowest BCUT2D eigenvalue weighted by atomic mass is 10.0. The fraction of sp³-hybridized carbons (Fsp3) is 0.962. The largest absolute Gasteiger partial charge is 0.467 e. The van der Waals surface area contributed by atoms with Gasteiger partial charge in [0.25, 0.3) is 0 Å². The molecule has 0 aliphatic rings. The van der Waals surface area contributed by atoms with Gasteiger partial charge in [0.15, 0.2) is 6.10 Å². The predicted molar refractivity (Wildman–Crippen MR) is 125 cm³/mol. The van der Waals surface area contributed by atoms with Gasteiger partial charge in [0.05, 0.1) is 7.11 Å². The van der Waals surface area contributed by atoms with Gasteiger partial charge in [0, 0.05) is 7.11 Å². The number of hydrogen-bond donors (Lipinski definition) is 0. The maximum absolute atomic E-state index is 11.4. The van der Waals surface area contributed by atoms with Crippen molar-refractivity contribution in [3.8, 4) is 0 Å². The number of hydrogen-bond acceptors (Lipinski definition) is 3. The Bertz CT molecular complexity index is 330. The summed E-state index contributed by atoms with van der Waals surface area (Å²) >= 11 is 0. The highest BCUT2D eigenvalue weighted by Gasteiger charge is 2.17. The highest BCUT2D eigenvalue weighted by molar-refractivity contribution is 5.74. The fourth-order valence-electron chi connectivity index (χ4n) is 4.05. The molecule has 29 heavy (non-hydrogen) atoms. The lowest BCUT2D eigenvalue weighted by Crippen LogP contribution is -2.24. The molecule has 0 spiro atoms. The van der Waals surface area contributed by atoms with Gasteiger partial charge >= 0.3 is 5.97 Å². The normalized spacial score (nSPS) is 12.2. The summed E-state index contributed by atoms with van der Waals surface area (Å²) in [5.74, 6) is -0.245. The SMILES string of the molecule is CCCCCCCCCCCCCCCCCCCCCC[C@@H](OC)C(=O)OC. The fourth-order valence-corrected chi connectivity index (χ4v) is 4.05. The van der Waals surface area contributed by atoms with Crippen molar-refractivity contribution in [3.05, 3.63) is 0 Å². The van der Waals surface area contributed by atoms with Gasteiger partial charge in [-0.2, -0.15) is 0 Å². The van der Waals surface area contributed by atoms with Crippen LogP contribution in [0.15, 0.2) is 0 Å². The third-order valence-electron chi connectivity index (χ3n) is 6.07. The number of carbonyl (C=O) groups is 1. The van der Waals surface area contributed by atoms with E-state index in [0.717, 1.165) is 12.8 Å². The Morgan fingerprint density at radius 1 is 0.552 bits per heavy atom. The molecule has 0 fully saturated rings. The van der Waals surface area contributed by atoms with E-state index in [1.54, 1.807) is 7.11 Å². The lowest BCUT2D eigenvalue weighted by molar-refractivity contribution is -0.152. The second kappa shape index (κ2) is 23.7. The minimum atomic E-state index is -0.379. The molecule has 0 saturated heterocycles. The molecule has 0 aliphatic heterocycles. The zero-order valence-electron chi connectivity index (χ0n) is 20.2. The van der Waals surface area contributed by atoms with Crippen LogP contribution in [0.1, 0.15) is 142 Å². The van der Waals surface area contributed by atoms with Gasteiger partial charge < -0.3 is 9.47 Å². The van der Waals surface area contributed by atoms with E-state index < -0.39 is 0 Å². The summed E-state index contributed by atoms with van der Waals surface area (Å²) in [6.07, 6.45) is 28.1. The molecule has 1 atom stereocenters. The molecule has 0 rings (SSSR count). The summed E-state index contributed by atoms with van der Waals surface area (Å²) in [5, 5.41) is 0. The zero-order chi connectivity index (χ0) is 21.4. The van der Waals surface area contributed by atoms with Crippen molar-refractivity contribution >= 4 is 5.97 Å². The lowest BCUT2D eigenvalue weighted by Gasteiger charge is -2.12.